The molecule has 4 saturated heterocycles. The molecule has 3 amide bonds. The first-order valence-corrected chi connectivity index (χ1v) is 27.6. The number of thiazole rings is 1. The van der Waals surface area contributed by atoms with Gasteiger partial charge in [-0.05, 0) is 126 Å². The van der Waals surface area contributed by atoms with E-state index in [0.717, 1.165) is 127 Å². The summed E-state index contributed by atoms with van der Waals surface area (Å²) in [5.74, 6) is 0.293. The number of rotatable bonds is 10. The van der Waals surface area contributed by atoms with Gasteiger partial charge < -0.3 is 24.3 Å². The molecule has 8 heterocycles. The second kappa shape index (κ2) is 19.6. The number of hydrogen-bond donors (Lipinski definition) is 3. The molecule has 71 heavy (non-hydrogen) atoms. The van der Waals surface area contributed by atoms with Gasteiger partial charge in [-0.15, -0.1) is 11.3 Å². The Kier molecular flexibility index (Phi) is 13.4. The molecule has 5 aliphatic heterocycles. The van der Waals surface area contributed by atoms with E-state index in [2.05, 4.69) is 80.8 Å². The van der Waals surface area contributed by atoms with Crippen molar-refractivity contribution >= 4 is 45.9 Å². The number of hydrazine groups is 1. The van der Waals surface area contributed by atoms with Crippen molar-refractivity contribution in [2.75, 3.05) is 46.4 Å². The van der Waals surface area contributed by atoms with Gasteiger partial charge in [0.1, 0.15) is 18.1 Å². The number of piperidine rings is 1. The first kappa shape index (κ1) is 48.5. The minimum absolute atomic E-state index is 0.0263. The number of fused-ring (bicyclic) bond motifs is 6. The largest absolute Gasteiger partial charge is 0.464 e. The second-order valence-electron chi connectivity index (χ2n) is 22.9. The van der Waals surface area contributed by atoms with Gasteiger partial charge in [-0.2, -0.15) is 0 Å². The summed E-state index contributed by atoms with van der Waals surface area (Å²) in [5.41, 5.74) is 9.68. The van der Waals surface area contributed by atoms with Crippen LogP contribution < -0.4 is 16.1 Å². The van der Waals surface area contributed by atoms with Gasteiger partial charge in [0.15, 0.2) is 0 Å². The highest BCUT2D eigenvalue weighted by Gasteiger charge is 2.54. The molecule has 11 rings (SSSR count). The van der Waals surface area contributed by atoms with Crippen LogP contribution in [0.1, 0.15) is 121 Å². The van der Waals surface area contributed by atoms with E-state index in [1.165, 1.54) is 24.2 Å². The molecule has 1 aromatic carbocycles. The minimum atomic E-state index is -0.923. The average Bonchev–Trinajstić information content (AvgIpc) is 4.17. The Morgan fingerprint density at radius 3 is 2.63 bits per heavy atom. The van der Waals surface area contributed by atoms with Crippen molar-refractivity contribution in [2.24, 2.45) is 22.7 Å². The van der Waals surface area contributed by atoms with Gasteiger partial charge in [-0.25, -0.2) is 10.4 Å². The molecule has 7 aliphatic rings. The van der Waals surface area contributed by atoms with E-state index in [1.54, 1.807) is 12.1 Å². The topological polar surface area (TPSA) is 173 Å². The zero-order valence-electron chi connectivity index (χ0n) is 42.3. The van der Waals surface area contributed by atoms with Gasteiger partial charge in [0.2, 0.25) is 11.8 Å². The molecule has 7 atom stereocenters. The number of ether oxygens (including phenoxy) is 2. The van der Waals surface area contributed by atoms with Crippen LogP contribution in [0.2, 0.25) is 0 Å². The van der Waals surface area contributed by atoms with E-state index in [9.17, 15) is 14.4 Å². The first-order valence-electron chi connectivity index (χ1n) is 26.7. The number of carbonyl (C=O) groups excluding carboxylic acids is 4. The van der Waals surface area contributed by atoms with Crippen molar-refractivity contribution in [3.63, 3.8) is 0 Å². The summed E-state index contributed by atoms with van der Waals surface area (Å²) in [7, 11) is 1.71. The first-order chi connectivity index (χ1) is 34.3. The third kappa shape index (κ3) is 9.68. The smallest absolute Gasteiger partial charge is 0.324 e. The average molecular weight is 988 g/mol. The number of amides is 3. The van der Waals surface area contributed by atoms with E-state index in [-0.39, 0.29) is 54.2 Å². The predicted octanol–water partition coefficient (Wildman–Crippen LogP) is 6.83. The molecule has 3 N–H and O–H groups in total. The Bertz CT molecular complexity index is 2670. The lowest BCUT2D eigenvalue weighted by Crippen LogP contribution is -2.63. The van der Waals surface area contributed by atoms with Gasteiger partial charge in [0, 0.05) is 96.7 Å². The SMILES string of the molecule is CCn1c(-c2cccnc2[C@H](C)OC)c2c3cc(ccc31)-c1csc(n1)C[C@H](NC(=O)C(C1CCCC1)N1CCC[C@@]3(CCN(C(=O)[C@@H]4NC4C4CC4)C3)C1)C(=O)N1CCC[C@H](N1)C(=O)OCC(C)(C)C2. The molecule has 2 aliphatic carbocycles. The third-order valence-corrected chi connectivity index (χ3v) is 18.0. The summed E-state index contributed by atoms with van der Waals surface area (Å²) < 4.78 is 14.4. The summed E-state index contributed by atoms with van der Waals surface area (Å²) in [5, 5.41) is 12.3. The minimum Gasteiger partial charge on any atom is -0.464 e. The summed E-state index contributed by atoms with van der Waals surface area (Å²) in [6.07, 6.45) is 13.0. The van der Waals surface area contributed by atoms with E-state index >= 15 is 4.79 Å². The fourth-order valence-electron chi connectivity index (χ4n) is 13.1. The molecule has 4 aromatic rings. The number of pyridine rings is 1. The van der Waals surface area contributed by atoms with Crippen LogP contribution in [0.3, 0.4) is 0 Å². The summed E-state index contributed by atoms with van der Waals surface area (Å²) >= 11 is 1.50. The molecule has 2 unspecified atom stereocenters. The number of hydrogen-bond acceptors (Lipinski definition) is 12. The maximum atomic E-state index is 15.2. The number of esters is 1. The van der Waals surface area contributed by atoms with Gasteiger partial charge in [0.05, 0.1) is 40.8 Å². The van der Waals surface area contributed by atoms with Gasteiger partial charge in [-0.1, -0.05) is 32.8 Å². The monoisotopic (exact) mass is 988 g/mol. The number of carbonyl (C=O) groups is 4. The second-order valence-corrected chi connectivity index (χ2v) is 23.8. The number of nitrogens with zero attached hydrogens (tertiary/aromatic N) is 6. The van der Waals surface area contributed by atoms with Crippen molar-refractivity contribution in [2.45, 2.75) is 154 Å². The van der Waals surface area contributed by atoms with Crippen molar-refractivity contribution in [1.82, 2.24) is 45.4 Å². The maximum Gasteiger partial charge on any atom is 0.324 e. The molecule has 15 nitrogen and oxygen atoms in total. The van der Waals surface area contributed by atoms with Crippen LogP contribution in [-0.4, -0.2) is 130 Å². The molecule has 0 radical (unpaired) electrons. The highest BCUT2D eigenvalue weighted by Crippen LogP contribution is 2.45. The Morgan fingerprint density at radius 1 is 1.01 bits per heavy atom. The molecule has 3 aromatic heterocycles. The van der Waals surface area contributed by atoms with Crippen molar-refractivity contribution in [3.05, 3.63) is 58.2 Å². The van der Waals surface area contributed by atoms with E-state index in [1.807, 2.05) is 19.2 Å². The number of methoxy groups -OCH3 is 1. The lowest BCUT2D eigenvalue weighted by atomic mass is 9.78. The van der Waals surface area contributed by atoms with Crippen LogP contribution in [0.5, 0.6) is 0 Å². The van der Waals surface area contributed by atoms with Crippen LogP contribution in [0, 0.1) is 22.7 Å². The third-order valence-electron chi connectivity index (χ3n) is 17.1. The van der Waals surface area contributed by atoms with E-state index in [0.29, 0.717) is 37.8 Å². The molecule has 6 bridgehead atoms. The molecule has 2 saturated carbocycles. The fraction of sp³-hybridized carbons (Fsp3) is 0.636. The molecular formula is C55H73N9O6S. The summed E-state index contributed by atoms with van der Waals surface area (Å²) in [6, 6.07) is 8.93. The highest BCUT2D eigenvalue weighted by molar-refractivity contribution is 7.10. The quantitative estimate of drug-likeness (QED) is 0.112. The Labute approximate surface area is 422 Å². The molecule has 6 fully saturated rings. The highest BCUT2D eigenvalue weighted by atomic mass is 32.1. The fourth-order valence-corrected chi connectivity index (χ4v) is 14.0. The van der Waals surface area contributed by atoms with Crippen molar-refractivity contribution in [1.29, 1.82) is 0 Å². The van der Waals surface area contributed by atoms with E-state index < -0.39 is 29.5 Å². The molecule has 1 spiro atoms. The Balaban J connectivity index is 0.913. The summed E-state index contributed by atoms with van der Waals surface area (Å²) in [6.45, 7) is 12.8. The van der Waals surface area contributed by atoms with E-state index in [4.69, 9.17) is 19.4 Å². The van der Waals surface area contributed by atoms with Crippen molar-refractivity contribution in [3.8, 4) is 22.5 Å². The van der Waals surface area contributed by atoms with Crippen LogP contribution >= 0.6 is 11.3 Å². The lowest BCUT2D eigenvalue weighted by molar-refractivity contribution is -0.155. The number of aryl methyl sites for hydroxylation is 1. The zero-order chi connectivity index (χ0) is 49.2. The molecule has 16 heteroatoms. The standard InChI is InChI=1S/C55H73N9O6S/c1-6-63-43-19-18-36-26-38(43)39(49(63)37-14-9-22-56-45(37)33(2)69-5)28-54(3,4)32-70-53(68)40-15-10-24-64(60-40)51(66)41(27-44-57-42(36)29-71-44)58-50(65)48(35-12-7-8-13-35)61-23-11-20-55(30-61)21-25-62(31-55)52(67)47-46(59-47)34-16-17-34/h9,14,18-19,22,26,29,33-35,40-41,46-48,59-60H,6-8,10-13,15-17,20-21,23-25,27-28,30-32H2,1-5H3,(H,58,65)/t33-,40-,41-,46?,47+,48?,55+/m0/s1. The number of aromatic nitrogens is 3. The Morgan fingerprint density at radius 2 is 1.85 bits per heavy atom. The number of nitrogens with one attached hydrogen (secondary N) is 3. The normalized spacial score (nSPS) is 28.2. The number of likely N-dealkylation sites (tertiary alicyclic amines) is 2. The Hall–Kier alpha value is -4.74. The lowest BCUT2D eigenvalue weighted by Gasteiger charge is -2.45. The number of benzene rings is 1. The van der Waals surface area contributed by atoms with Crippen LogP contribution in [0.25, 0.3) is 33.4 Å². The molecular weight excluding hydrogens is 915 g/mol. The van der Waals surface area contributed by atoms with Crippen LogP contribution in [0.4, 0.5) is 0 Å². The van der Waals surface area contributed by atoms with Gasteiger partial charge in [-0.3, -0.25) is 39.4 Å². The maximum absolute atomic E-state index is 15.2. The van der Waals surface area contributed by atoms with Gasteiger partial charge >= 0.3 is 5.97 Å². The number of cyclic esters (lactones) is 1. The van der Waals surface area contributed by atoms with Crippen LogP contribution in [0.15, 0.2) is 41.9 Å². The zero-order valence-corrected chi connectivity index (χ0v) is 43.2. The van der Waals surface area contributed by atoms with Gasteiger partial charge in [0.25, 0.3) is 5.91 Å². The van der Waals surface area contributed by atoms with Crippen LogP contribution in [-0.2, 0) is 48.0 Å². The summed E-state index contributed by atoms with van der Waals surface area (Å²) in [4.78, 5) is 72.5. The molecule has 380 valence electrons. The predicted molar refractivity (Wildman–Crippen MR) is 273 cm³/mol. The van der Waals surface area contributed by atoms with Crippen molar-refractivity contribution < 1.29 is 28.7 Å².